The summed E-state index contributed by atoms with van der Waals surface area (Å²) in [6.45, 7) is 0.486. The van der Waals surface area contributed by atoms with Crippen molar-refractivity contribution in [2.45, 2.75) is 6.54 Å². The highest BCUT2D eigenvalue weighted by atomic mass is 35.5. The fourth-order valence-electron chi connectivity index (χ4n) is 0.972. The lowest BCUT2D eigenvalue weighted by molar-refractivity contribution is 0.908. The summed E-state index contributed by atoms with van der Waals surface area (Å²) in [7, 11) is 0. The zero-order valence-corrected chi connectivity index (χ0v) is 8.92. The first kappa shape index (κ1) is 10.1. The molecule has 2 aromatic heterocycles. The van der Waals surface area contributed by atoms with Crippen LogP contribution in [0.5, 0.6) is 0 Å². The molecule has 0 bridgehead atoms. The van der Waals surface area contributed by atoms with Gasteiger partial charge in [0, 0.05) is 6.07 Å². The van der Waals surface area contributed by atoms with Crippen molar-refractivity contribution in [2.75, 3.05) is 5.32 Å². The van der Waals surface area contributed by atoms with E-state index in [9.17, 15) is 0 Å². The highest BCUT2D eigenvalue weighted by Crippen LogP contribution is 2.14. The van der Waals surface area contributed by atoms with Gasteiger partial charge < -0.3 is 5.32 Å². The van der Waals surface area contributed by atoms with Crippen LogP contribution in [-0.2, 0) is 6.54 Å². The van der Waals surface area contributed by atoms with E-state index in [4.69, 9.17) is 23.2 Å². The summed E-state index contributed by atoms with van der Waals surface area (Å²) in [6, 6.07) is 1.58. The molecule has 2 aromatic rings. The van der Waals surface area contributed by atoms with Crippen molar-refractivity contribution < 1.29 is 0 Å². The van der Waals surface area contributed by atoms with Gasteiger partial charge >= 0.3 is 0 Å². The number of rotatable bonds is 3. The van der Waals surface area contributed by atoms with Gasteiger partial charge in [-0.3, -0.25) is 0 Å². The average Bonchev–Trinajstić information content (AvgIpc) is 2.65. The van der Waals surface area contributed by atoms with Crippen LogP contribution in [0.15, 0.2) is 12.3 Å². The number of nitrogens with one attached hydrogen (secondary N) is 2. The molecule has 78 valence electrons. The van der Waals surface area contributed by atoms with Gasteiger partial charge in [0.2, 0.25) is 5.28 Å². The molecule has 0 unspecified atom stereocenters. The highest BCUT2D eigenvalue weighted by molar-refractivity contribution is 6.32. The van der Waals surface area contributed by atoms with Crippen molar-refractivity contribution >= 4 is 29.0 Å². The van der Waals surface area contributed by atoms with Crippen LogP contribution < -0.4 is 5.32 Å². The first-order chi connectivity index (χ1) is 7.24. The lowest BCUT2D eigenvalue weighted by Gasteiger charge is -2.03. The van der Waals surface area contributed by atoms with Crippen LogP contribution in [0, 0.1) is 0 Å². The lowest BCUT2D eigenvalue weighted by atomic mass is 10.4. The van der Waals surface area contributed by atoms with E-state index in [-0.39, 0.29) is 10.4 Å². The molecule has 0 spiro atoms. The number of H-pyrrole nitrogens is 1. The Hall–Kier alpha value is -1.40. The lowest BCUT2D eigenvalue weighted by Crippen LogP contribution is -2.02. The summed E-state index contributed by atoms with van der Waals surface area (Å²) in [4.78, 5) is 7.66. The van der Waals surface area contributed by atoms with Crippen LogP contribution in [-0.4, -0.2) is 25.4 Å². The second kappa shape index (κ2) is 4.41. The van der Waals surface area contributed by atoms with Crippen molar-refractivity contribution in [2.24, 2.45) is 0 Å². The van der Waals surface area contributed by atoms with Crippen LogP contribution in [0.4, 0.5) is 5.82 Å². The summed E-state index contributed by atoms with van der Waals surface area (Å²) in [5.74, 6) is 0.544. The zero-order valence-electron chi connectivity index (χ0n) is 7.41. The Morgan fingerprint density at radius 1 is 1.33 bits per heavy atom. The summed E-state index contributed by atoms with van der Waals surface area (Å²) in [5, 5.41) is 13.4. The molecule has 0 atom stereocenters. The van der Waals surface area contributed by atoms with E-state index in [0.717, 1.165) is 5.69 Å². The molecule has 0 aliphatic heterocycles. The zero-order chi connectivity index (χ0) is 10.7. The molecule has 2 heterocycles. The monoisotopic (exact) mass is 244 g/mol. The number of nitrogens with zero attached hydrogens (tertiary/aromatic N) is 4. The predicted octanol–water partition coefficient (Wildman–Crippen LogP) is 1.51. The highest BCUT2D eigenvalue weighted by Gasteiger charge is 2.01. The summed E-state index contributed by atoms with van der Waals surface area (Å²) < 4.78 is 0. The van der Waals surface area contributed by atoms with Crippen molar-refractivity contribution in [1.82, 2.24) is 25.4 Å². The van der Waals surface area contributed by atoms with E-state index in [2.05, 4.69) is 30.7 Å². The minimum absolute atomic E-state index is 0.102. The van der Waals surface area contributed by atoms with Crippen molar-refractivity contribution in [3.8, 4) is 0 Å². The van der Waals surface area contributed by atoms with E-state index in [0.29, 0.717) is 12.4 Å². The Bertz CT molecular complexity index is 422. The third-order valence-corrected chi connectivity index (χ3v) is 1.95. The van der Waals surface area contributed by atoms with Gasteiger partial charge in [0.15, 0.2) is 0 Å². The Labute approximate surface area is 95.0 Å². The number of aromatic nitrogens is 5. The molecule has 0 fully saturated rings. The van der Waals surface area contributed by atoms with Crippen LogP contribution in [0.3, 0.4) is 0 Å². The summed E-state index contributed by atoms with van der Waals surface area (Å²) in [5.41, 5.74) is 0.765. The topological polar surface area (TPSA) is 79.4 Å². The molecule has 0 aliphatic rings. The maximum atomic E-state index is 5.70. The van der Waals surface area contributed by atoms with Crippen LogP contribution >= 0.6 is 23.2 Å². The van der Waals surface area contributed by atoms with Gasteiger partial charge in [0.05, 0.1) is 12.7 Å². The van der Waals surface area contributed by atoms with E-state index >= 15 is 0 Å². The predicted molar refractivity (Wildman–Crippen MR) is 55.8 cm³/mol. The van der Waals surface area contributed by atoms with Gasteiger partial charge in [-0.25, -0.2) is 9.97 Å². The molecule has 8 heteroatoms. The van der Waals surface area contributed by atoms with Crippen molar-refractivity contribution in [1.29, 1.82) is 0 Å². The molecular weight excluding hydrogens is 239 g/mol. The van der Waals surface area contributed by atoms with E-state index < -0.39 is 0 Å². The number of hydrogen-bond donors (Lipinski definition) is 2. The molecular formula is C7H6Cl2N6. The Balaban J connectivity index is 2.05. The normalized spacial score (nSPS) is 10.3. The standard InChI is InChI=1S/C7H6Cl2N6/c8-5-1-6(13-7(9)12-5)10-2-4-3-11-15-14-4/h1,3H,2H2,(H,10,12,13)(H,11,14,15). The summed E-state index contributed by atoms with van der Waals surface area (Å²) >= 11 is 11.3. The molecule has 0 amide bonds. The van der Waals surface area contributed by atoms with E-state index in [1.54, 1.807) is 12.3 Å². The van der Waals surface area contributed by atoms with Gasteiger partial charge in [0.1, 0.15) is 16.7 Å². The first-order valence-corrected chi connectivity index (χ1v) is 4.78. The summed E-state index contributed by atoms with van der Waals surface area (Å²) in [6.07, 6.45) is 1.61. The maximum absolute atomic E-state index is 5.70. The van der Waals surface area contributed by atoms with Gasteiger partial charge in [-0.15, -0.1) is 0 Å². The number of halogens is 2. The first-order valence-electron chi connectivity index (χ1n) is 4.02. The number of aromatic amines is 1. The second-order valence-electron chi connectivity index (χ2n) is 2.66. The fraction of sp³-hybridized carbons (Fsp3) is 0.143. The minimum atomic E-state index is 0.102. The van der Waals surface area contributed by atoms with Crippen LogP contribution in [0.2, 0.25) is 10.4 Å². The van der Waals surface area contributed by atoms with Crippen LogP contribution in [0.1, 0.15) is 5.69 Å². The minimum Gasteiger partial charge on any atom is -0.364 e. The maximum Gasteiger partial charge on any atom is 0.225 e. The van der Waals surface area contributed by atoms with E-state index in [1.807, 2.05) is 0 Å². The quantitative estimate of drug-likeness (QED) is 0.632. The molecule has 0 aliphatic carbocycles. The average molecular weight is 245 g/mol. The molecule has 2 rings (SSSR count). The Morgan fingerprint density at radius 2 is 2.20 bits per heavy atom. The molecule has 6 nitrogen and oxygen atoms in total. The molecule has 0 radical (unpaired) electrons. The SMILES string of the molecule is Clc1cc(NCc2cn[nH]n2)nc(Cl)n1. The van der Waals surface area contributed by atoms with Gasteiger partial charge in [-0.05, 0) is 11.6 Å². The van der Waals surface area contributed by atoms with Gasteiger partial charge in [-0.2, -0.15) is 15.4 Å². The Morgan fingerprint density at radius 3 is 2.87 bits per heavy atom. The second-order valence-corrected chi connectivity index (χ2v) is 3.39. The molecule has 15 heavy (non-hydrogen) atoms. The smallest absolute Gasteiger partial charge is 0.225 e. The molecule has 0 aromatic carbocycles. The van der Waals surface area contributed by atoms with Crippen LogP contribution in [0.25, 0.3) is 0 Å². The molecule has 0 saturated heterocycles. The van der Waals surface area contributed by atoms with Gasteiger partial charge in [-0.1, -0.05) is 11.6 Å². The molecule has 2 N–H and O–H groups in total. The van der Waals surface area contributed by atoms with Gasteiger partial charge in [0.25, 0.3) is 0 Å². The third kappa shape index (κ3) is 2.77. The fourth-order valence-corrected chi connectivity index (χ4v) is 1.38. The third-order valence-electron chi connectivity index (χ3n) is 1.58. The van der Waals surface area contributed by atoms with Crippen molar-refractivity contribution in [3.05, 3.63) is 28.4 Å². The number of anilines is 1. The number of hydrogen-bond acceptors (Lipinski definition) is 5. The van der Waals surface area contributed by atoms with E-state index in [1.165, 1.54) is 0 Å². The van der Waals surface area contributed by atoms with Crippen molar-refractivity contribution in [3.63, 3.8) is 0 Å². The Kier molecular flexibility index (Phi) is 2.98. The molecule has 0 saturated carbocycles. The largest absolute Gasteiger partial charge is 0.364 e.